The number of unbranched alkanes of at least 4 members (excludes halogenated alkanes) is 1. The quantitative estimate of drug-likeness (QED) is 0.322. The van der Waals surface area contributed by atoms with Crippen LogP contribution in [0.5, 0.6) is 11.5 Å². The zero-order valence-electron chi connectivity index (χ0n) is 11.1. The van der Waals surface area contributed by atoms with Crippen LogP contribution in [0.15, 0.2) is 30.9 Å². The number of rotatable bonds is 8. The predicted molar refractivity (Wildman–Crippen MR) is 73.7 cm³/mol. The molecular formula is C14H22N2O2. The maximum atomic E-state index is 5.62. The molecule has 4 heteroatoms. The maximum Gasteiger partial charge on any atom is 0.127 e. The second-order valence-electron chi connectivity index (χ2n) is 4.05. The molecule has 0 bridgehead atoms. The summed E-state index contributed by atoms with van der Waals surface area (Å²) in [5, 5.41) is 0. The van der Waals surface area contributed by atoms with Crippen LogP contribution in [0.3, 0.4) is 0 Å². The van der Waals surface area contributed by atoms with E-state index < -0.39 is 0 Å². The second-order valence-corrected chi connectivity index (χ2v) is 4.05. The minimum Gasteiger partial charge on any atom is -0.497 e. The Balaban J connectivity index is 2.86. The lowest BCUT2D eigenvalue weighted by Crippen LogP contribution is -2.28. The average molecular weight is 250 g/mol. The lowest BCUT2D eigenvalue weighted by atomic mass is 10.0. The average Bonchev–Trinajstić information content (AvgIpc) is 2.43. The van der Waals surface area contributed by atoms with Gasteiger partial charge in [-0.15, -0.1) is 6.58 Å². The first-order valence-corrected chi connectivity index (χ1v) is 6.05. The zero-order chi connectivity index (χ0) is 13.4. The SMILES string of the molecule is C=CCCCC(NN)c1ccc(OC)cc1OC. The van der Waals surface area contributed by atoms with Gasteiger partial charge in [0, 0.05) is 17.7 Å². The summed E-state index contributed by atoms with van der Waals surface area (Å²) in [6, 6.07) is 5.84. The van der Waals surface area contributed by atoms with Crippen molar-refractivity contribution in [2.45, 2.75) is 25.3 Å². The van der Waals surface area contributed by atoms with Gasteiger partial charge in [-0.1, -0.05) is 12.1 Å². The molecule has 0 saturated heterocycles. The monoisotopic (exact) mass is 250 g/mol. The van der Waals surface area contributed by atoms with E-state index in [1.54, 1.807) is 14.2 Å². The van der Waals surface area contributed by atoms with Gasteiger partial charge in [0.05, 0.1) is 14.2 Å². The van der Waals surface area contributed by atoms with Crippen molar-refractivity contribution in [3.05, 3.63) is 36.4 Å². The van der Waals surface area contributed by atoms with E-state index in [1.807, 2.05) is 24.3 Å². The molecular weight excluding hydrogens is 228 g/mol. The molecule has 0 saturated carbocycles. The molecule has 1 atom stereocenters. The van der Waals surface area contributed by atoms with Crippen LogP contribution in [0.25, 0.3) is 0 Å². The molecule has 1 rings (SSSR count). The van der Waals surface area contributed by atoms with Crippen LogP contribution in [0.2, 0.25) is 0 Å². The van der Waals surface area contributed by atoms with E-state index in [-0.39, 0.29) is 6.04 Å². The van der Waals surface area contributed by atoms with E-state index in [1.165, 1.54) is 0 Å². The first kappa shape index (κ1) is 14.5. The number of methoxy groups -OCH3 is 2. The number of allylic oxidation sites excluding steroid dienone is 1. The van der Waals surface area contributed by atoms with Crippen molar-refractivity contribution in [3.63, 3.8) is 0 Å². The van der Waals surface area contributed by atoms with Crippen molar-refractivity contribution in [2.75, 3.05) is 14.2 Å². The van der Waals surface area contributed by atoms with E-state index >= 15 is 0 Å². The highest BCUT2D eigenvalue weighted by molar-refractivity contribution is 5.42. The summed E-state index contributed by atoms with van der Waals surface area (Å²) in [6.45, 7) is 3.72. The number of nitrogens with two attached hydrogens (primary N) is 1. The molecule has 4 nitrogen and oxygen atoms in total. The van der Waals surface area contributed by atoms with Gasteiger partial charge in [0.25, 0.3) is 0 Å². The molecule has 1 unspecified atom stereocenters. The molecule has 0 aliphatic heterocycles. The normalized spacial score (nSPS) is 11.9. The molecule has 1 aromatic rings. The van der Waals surface area contributed by atoms with Crippen molar-refractivity contribution >= 4 is 0 Å². The van der Waals surface area contributed by atoms with Crippen LogP contribution in [0.1, 0.15) is 30.9 Å². The molecule has 1 aromatic carbocycles. The van der Waals surface area contributed by atoms with Crippen LogP contribution >= 0.6 is 0 Å². The van der Waals surface area contributed by atoms with Gasteiger partial charge in [-0.3, -0.25) is 11.3 Å². The van der Waals surface area contributed by atoms with E-state index in [2.05, 4.69) is 12.0 Å². The Morgan fingerprint density at radius 2 is 2.17 bits per heavy atom. The van der Waals surface area contributed by atoms with Gasteiger partial charge in [0.2, 0.25) is 0 Å². The molecule has 0 fully saturated rings. The standard InChI is InChI=1S/C14H22N2O2/c1-4-5-6-7-13(16-15)12-9-8-11(17-2)10-14(12)18-3/h4,8-10,13,16H,1,5-7,15H2,2-3H3. The van der Waals surface area contributed by atoms with Crippen molar-refractivity contribution < 1.29 is 9.47 Å². The highest BCUT2D eigenvalue weighted by Gasteiger charge is 2.15. The number of benzene rings is 1. The fourth-order valence-corrected chi connectivity index (χ4v) is 1.90. The smallest absolute Gasteiger partial charge is 0.127 e. The third kappa shape index (κ3) is 3.75. The fourth-order valence-electron chi connectivity index (χ4n) is 1.90. The summed E-state index contributed by atoms with van der Waals surface area (Å²) < 4.78 is 10.6. The van der Waals surface area contributed by atoms with Crippen LogP contribution in [0.4, 0.5) is 0 Å². The second kappa shape index (κ2) is 7.74. The molecule has 3 N–H and O–H groups in total. The number of ether oxygens (including phenoxy) is 2. The van der Waals surface area contributed by atoms with Gasteiger partial charge in [-0.25, -0.2) is 0 Å². The van der Waals surface area contributed by atoms with E-state index in [4.69, 9.17) is 15.3 Å². The number of hydrazine groups is 1. The van der Waals surface area contributed by atoms with E-state index in [0.29, 0.717) is 0 Å². The number of nitrogens with one attached hydrogen (secondary N) is 1. The van der Waals surface area contributed by atoms with Crippen molar-refractivity contribution in [1.82, 2.24) is 5.43 Å². The summed E-state index contributed by atoms with van der Waals surface area (Å²) in [5.41, 5.74) is 3.88. The summed E-state index contributed by atoms with van der Waals surface area (Å²) in [7, 11) is 3.28. The fraction of sp³-hybridized carbons (Fsp3) is 0.429. The topological polar surface area (TPSA) is 56.5 Å². The largest absolute Gasteiger partial charge is 0.497 e. The molecule has 0 aliphatic carbocycles. The van der Waals surface area contributed by atoms with Gasteiger partial charge in [-0.2, -0.15) is 0 Å². The highest BCUT2D eigenvalue weighted by Crippen LogP contribution is 2.31. The Labute approximate surface area is 109 Å². The van der Waals surface area contributed by atoms with Crippen LogP contribution in [-0.4, -0.2) is 14.2 Å². The Morgan fingerprint density at radius 3 is 2.72 bits per heavy atom. The van der Waals surface area contributed by atoms with Gasteiger partial charge >= 0.3 is 0 Å². The highest BCUT2D eigenvalue weighted by atomic mass is 16.5. The first-order valence-electron chi connectivity index (χ1n) is 6.05. The summed E-state index contributed by atoms with van der Waals surface area (Å²) in [4.78, 5) is 0. The summed E-state index contributed by atoms with van der Waals surface area (Å²) in [5.74, 6) is 7.18. The summed E-state index contributed by atoms with van der Waals surface area (Å²) >= 11 is 0. The van der Waals surface area contributed by atoms with Gasteiger partial charge in [-0.05, 0) is 25.3 Å². The van der Waals surface area contributed by atoms with Gasteiger partial charge < -0.3 is 9.47 Å². The minimum absolute atomic E-state index is 0.0748. The summed E-state index contributed by atoms with van der Waals surface area (Å²) in [6.07, 6.45) is 4.87. The molecule has 0 amide bonds. The van der Waals surface area contributed by atoms with E-state index in [9.17, 15) is 0 Å². The third-order valence-corrected chi connectivity index (χ3v) is 2.92. The first-order chi connectivity index (χ1) is 8.76. The van der Waals surface area contributed by atoms with E-state index in [0.717, 1.165) is 36.3 Å². The molecule has 18 heavy (non-hydrogen) atoms. The van der Waals surface area contributed by atoms with Crippen molar-refractivity contribution in [1.29, 1.82) is 0 Å². The van der Waals surface area contributed by atoms with Gasteiger partial charge in [0.1, 0.15) is 11.5 Å². The zero-order valence-corrected chi connectivity index (χ0v) is 11.1. The minimum atomic E-state index is 0.0748. The molecule has 0 spiro atoms. The lowest BCUT2D eigenvalue weighted by Gasteiger charge is -2.19. The maximum absolute atomic E-state index is 5.62. The third-order valence-electron chi connectivity index (χ3n) is 2.92. The molecule has 0 aromatic heterocycles. The molecule has 0 aliphatic rings. The van der Waals surface area contributed by atoms with Crippen LogP contribution in [0, 0.1) is 0 Å². The van der Waals surface area contributed by atoms with Crippen molar-refractivity contribution in [2.24, 2.45) is 5.84 Å². The van der Waals surface area contributed by atoms with Crippen LogP contribution < -0.4 is 20.7 Å². The Hall–Kier alpha value is -1.52. The number of hydrogen-bond donors (Lipinski definition) is 2. The molecule has 0 radical (unpaired) electrons. The Kier molecular flexibility index (Phi) is 6.25. The Morgan fingerprint density at radius 1 is 1.39 bits per heavy atom. The van der Waals surface area contributed by atoms with Gasteiger partial charge in [0.15, 0.2) is 0 Å². The van der Waals surface area contributed by atoms with Crippen LogP contribution in [-0.2, 0) is 0 Å². The number of hydrogen-bond acceptors (Lipinski definition) is 4. The molecule has 100 valence electrons. The predicted octanol–water partition coefficient (Wildman–Crippen LogP) is 2.56. The Bertz CT molecular complexity index is 380. The molecule has 0 heterocycles. The lowest BCUT2D eigenvalue weighted by molar-refractivity contribution is 0.381. The van der Waals surface area contributed by atoms with Crippen molar-refractivity contribution in [3.8, 4) is 11.5 Å².